The molecule has 17 heavy (non-hydrogen) atoms. The largest absolute Gasteiger partial charge is 0.443 e. The van der Waals surface area contributed by atoms with Crippen molar-refractivity contribution in [2.45, 2.75) is 13.3 Å². The third-order valence-corrected chi connectivity index (χ3v) is 2.92. The van der Waals surface area contributed by atoms with Crippen molar-refractivity contribution in [2.24, 2.45) is 4.99 Å². The lowest BCUT2D eigenvalue weighted by atomic mass is 10.1. The van der Waals surface area contributed by atoms with Crippen LogP contribution in [-0.4, -0.2) is 29.4 Å². The van der Waals surface area contributed by atoms with Crippen LogP contribution in [0.3, 0.4) is 0 Å². The lowest BCUT2D eigenvalue weighted by molar-refractivity contribution is 0.556. The van der Waals surface area contributed by atoms with E-state index in [2.05, 4.69) is 22.3 Å². The van der Waals surface area contributed by atoms with Gasteiger partial charge in [0, 0.05) is 5.56 Å². The predicted molar refractivity (Wildman–Crippen MR) is 67.1 cm³/mol. The zero-order valence-corrected chi connectivity index (χ0v) is 9.68. The summed E-state index contributed by atoms with van der Waals surface area (Å²) < 4.78 is 5.31. The Kier molecular flexibility index (Phi) is 2.44. The highest BCUT2D eigenvalue weighted by molar-refractivity contribution is 5.82. The summed E-state index contributed by atoms with van der Waals surface area (Å²) in [6.45, 7) is 3.87. The Morgan fingerprint density at radius 2 is 2.41 bits per heavy atom. The van der Waals surface area contributed by atoms with Gasteiger partial charge in [0.1, 0.15) is 11.9 Å². The maximum atomic E-state index is 5.31. The van der Waals surface area contributed by atoms with E-state index in [9.17, 15) is 0 Å². The highest BCUT2D eigenvalue weighted by atomic mass is 16.3. The quantitative estimate of drug-likeness (QED) is 0.876. The third-order valence-electron chi connectivity index (χ3n) is 2.92. The molecule has 5 heteroatoms. The normalized spacial score (nSPS) is 14.8. The van der Waals surface area contributed by atoms with Crippen molar-refractivity contribution in [1.29, 1.82) is 0 Å². The molecule has 1 aromatic heterocycles. The van der Waals surface area contributed by atoms with E-state index >= 15 is 0 Å². The van der Waals surface area contributed by atoms with Gasteiger partial charge in [-0.05, 0) is 18.6 Å². The molecule has 1 N–H and O–H groups in total. The first-order valence-electron chi connectivity index (χ1n) is 5.77. The first kappa shape index (κ1) is 10.1. The summed E-state index contributed by atoms with van der Waals surface area (Å²) in [6, 6.07) is 3.97. The van der Waals surface area contributed by atoms with Crippen molar-refractivity contribution in [3.05, 3.63) is 24.1 Å². The molecule has 0 bridgehead atoms. The Morgan fingerprint density at radius 1 is 1.47 bits per heavy atom. The molecule has 88 valence electrons. The number of hydrazine groups is 1. The second kappa shape index (κ2) is 4.08. The van der Waals surface area contributed by atoms with Crippen LogP contribution in [0.15, 0.2) is 27.9 Å². The number of hydrogen-bond acceptors (Lipinski definition) is 5. The van der Waals surface area contributed by atoms with Gasteiger partial charge in [-0.1, -0.05) is 6.92 Å². The van der Waals surface area contributed by atoms with Gasteiger partial charge in [0.25, 0.3) is 0 Å². The molecule has 2 heterocycles. The van der Waals surface area contributed by atoms with E-state index in [1.165, 1.54) is 12.0 Å². The fourth-order valence-electron chi connectivity index (χ4n) is 2.07. The van der Waals surface area contributed by atoms with Crippen LogP contribution in [0.4, 0.5) is 5.69 Å². The number of benzene rings is 1. The van der Waals surface area contributed by atoms with Gasteiger partial charge in [-0.2, -0.15) is 0 Å². The van der Waals surface area contributed by atoms with Crippen molar-refractivity contribution in [3.63, 3.8) is 0 Å². The molecule has 0 atom stereocenters. The first-order valence-corrected chi connectivity index (χ1v) is 5.77. The SMILES string of the molecule is CCc1c(NN2C=NCC2)ccc2ocnc12. The van der Waals surface area contributed by atoms with Crippen LogP contribution in [0.2, 0.25) is 0 Å². The molecule has 2 aromatic rings. The van der Waals surface area contributed by atoms with Crippen LogP contribution < -0.4 is 5.43 Å². The zero-order valence-electron chi connectivity index (χ0n) is 9.68. The first-order chi connectivity index (χ1) is 8.38. The monoisotopic (exact) mass is 230 g/mol. The second-order valence-corrected chi connectivity index (χ2v) is 3.97. The van der Waals surface area contributed by atoms with E-state index in [0.717, 1.165) is 36.3 Å². The number of aliphatic imine (C=N–C) groups is 1. The molecule has 0 unspecified atom stereocenters. The van der Waals surface area contributed by atoms with Gasteiger partial charge in [0.15, 0.2) is 12.0 Å². The number of hydrogen-bond donors (Lipinski definition) is 1. The summed E-state index contributed by atoms with van der Waals surface area (Å²) in [7, 11) is 0. The van der Waals surface area contributed by atoms with Gasteiger partial charge in [0.2, 0.25) is 0 Å². The number of rotatable bonds is 3. The Hall–Kier alpha value is -2.04. The van der Waals surface area contributed by atoms with E-state index in [4.69, 9.17) is 4.42 Å². The fourth-order valence-corrected chi connectivity index (χ4v) is 2.07. The number of oxazole rings is 1. The van der Waals surface area contributed by atoms with E-state index in [1.54, 1.807) is 0 Å². The van der Waals surface area contributed by atoms with Crippen molar-refractivity contribution < 1.29 is 4.42 Å². The van der Waals surface area contributed by atoms with Crippen molar-refractivity contribution in [3.8, 4) is 0 Å². The van der Waals surface area contributed by atoms with Crippen molar-refractivity contribution >= 4 is 23.1 Å². The zero-order chi connectivity index (χ0) is 11.7. The van der Waals surface area contributed by atoms with Gasteiger partial charge in [-0.25, -0.2) is 4.98 Å². The molecular formula is C12H14N4O. The van der Waals surface area contributed by atoms with E-state index < -0.39 is 0 Å². The van der Waals surface area contributed by atoms with E-state index in [-0.39, 0.29) is 0 Å². The minimum Gasteiger partial charge on any atom is -0.443 e. The van der Waals surface area contributed by atoms with E-state index in [1.807, 2.05) is 23.5 Å². The highest BCUT2D eigenvalue weighted by Crippen LogP contribution is 2.26. The Morgan fingerprint density at radius 3 is 3.18 bits per heavy atom. The van der Waals surface area contributed by atoms with Crippen LogP contribution in [0.1, 0.15) is 12.5 Å². The van der Waals surface area contributed by atoms with Gasteiger partial charge in [-0.3, -0.25) is 15.4 Å². The molecule has 0 amide bonds. The Labute approximate surface area is 99.1 Å². The predicted octanol–water partition coefficient (Wildman–Crippen LogP) is 2.06. The third kappa shape index (κ3) is 1.73. The average molecular weight is 230 g/mol. The standard InChI is InChI=1S/C12H14N4O/c1-2-9-10(15-16-6-5-13-7-16)3-4-11-12(9)14-8-17-11/h3-4,7-8,15H,2,5-6H2,1H3. The Balaban J connectivity index is 1.99. The molecule has 0 saturated carbocycles. The summed E-state index contributed by atoms with van der Waals surface area (Å²) >= 11 is 0. The van der Waals surface area contributed by atoms with Gasteiger partial charge >= 0.3 is 0 Å². The van der Waals surface area contributed by atoms with Gasteiger partial charge in [-0.15, -0.1) is 0 Å². The molecule has 0 aliphatic carbocycles. The van der Waals surface area contributed by atoms with Crippen LogP contribution in [0.25, 0.3) is 11.1 Å². The van der Waals surface area contributed by atoms with Gasteiger partial charge < -0.3 is 4.42 Å². The van der Waals surface area contributed by atoms with Crippen LogP contribution >= 0.6 is 0 Å². The van der Waals surface area contributed by atoms with Crippen molar-refractivity contribution in [2.75, 3.05) is 18.5 Å². The maximum Gasteiger partial charge on any atom is 0.181 e. The maximum absolute atomic E-state index is 5.31. The number of aromatic nitrogens is 1. The molecular weight excluding hydrogens is 216 g/mol. The number of nitrogens with zero attached hydrogens (tertiary/aromatic N) is 3. The molecule has 0 fully saturated rings. The summed E-state index contributed by atoms with van der Waals surface area (Å²) in [5.74, 6) is 0. The minimum atomic E-state index is 0.836. The van der Waals surface area contributed by atoms with Crippen LogP contribution in [-0.2, 0) is 6.42 Å². The molecule has 0 radical (unpaired) electrons. The summed E-state index contributed by atoms with van der Waals surface area (Å²) in [5, 5.41) is 1.99. The molecule has 0 spiro atoms. The summed E-state index contributed by atoms with van der Waals surface area (Å²) in [4.78, 5) is 8.44. The lowest BCUT2D eigenvalue weighted by Gasteiger charge is -2.19. The molecule has 1 aromatic carbocycles. The molecule has 1 aliphatic rings. The number of nitrogens with one attached hydrogen (secondary N) is 1. The highest BCUT2D eigenvalue weighted by Gasteiger charge is 2.12. The molecule has 5 nitrogen and oxygen atoms in total. The van der Waals surface area contributed by atoms with Gasteiger partial charge in [0.05, 0.1) is 18.8 Å². The smallest absolute Gasteiger partial charge is 0.181 e. The minimum absolute atomic E-state index is 0.836. The van der Waals surface area contributed by atoms with E-state index in [0.29, 0.717) is 0 Å². The lowest BCUT2D eigenvalue weighted by Crippen LogP contribution is -2.27. The van der Waals surface area contributed by atoms with Crippen LogP contribution in [0.5, 0.6) is 0 Å². The molecule has 3 rings (SSSR count). The average Bonchev–Trinajstić information content (AvgIpc) is 2.98. The summed E-state index contributed by atoms with van der Waals surface area (Å²) in [5.41, 5.74) is 7.37. The van der Waals surface area contributed by atoms with Crippen LogP contribution in [0, 0.1) is 0 Å². The number of fused-ring (bicyclic) bond motifs is 1. The molecule has 1 aliphatic heterocycles. The molecule has 0 saturated heterocycles. The fraction of sp³-hybridized carbons (Fsp3) is 0.333. The topological polar surface area (TPSA) is 53.7 Å². The number of aryl methyl sites for hydroxylation is 1. The summed E-state index contributed by atoms with van der Waals surface area (Å²) in [6.07, 6.45) is 4.23. The Bertz CT molecular complexity index is 561. The second-order valence-electron chi connectivity index (χ2n) is 3.97. The van der Waals surface area contributed by atoms with Crippen molar-refractivity contribution in [1.82, 2.24) is 9.99 Å². The number of anilines is 1.